The average molecular weight is 269 g/mol. The van der Waals surface area contributed by atoms with Gasteiger partial charge in [0, 0.05) is 5.56 Å². The molecule has 1 aliphatic heterocycles. The summed E-state index contributed by atoms with van der Waals surface area (Å²) in [4.78, 5) is 24.9. The Morgan fingerprint density at radius 1 is 1.15 bits per heavy atom. The third-order valence-electron chi connectivity index (χ3n) is 3.82. The number of anilines is 1. The number of aryl methyl sites for hydroxylation is 2. The number of amides is 1. The van der Waals surface area contributed by atoms with Crippen molar-refractivity contribution in [1.29, 1.82) is 0 Å². The maximum Gasteiger partial charge on any atom is 0.265 e. The molecule has 1 unspecified atom stereocenters. The van der Waals surface area contributed by atoms with E-state index in [4.69, 9.17) is 0 Å². The summed E-state index contributed by atoms with van der Waals surface area (Å²) in [6.07, 6.45) is 0. The van der Waals surface area contributed by atoms with Crippen molar-refractivity contribution in [2.24, 2.45) is 0 Å². The van der Waals surface area contributed by atoms with Crippen molar-refractivity contribution >= 4 is 17.6 Å². The summed E-state index contributed by atoms with van der Waals surface area (Å²) in [5, 5.41) is 7.02. The Balaban J connectivity index is 2.14. The second-order valence-corrected chi connectivity index (χ2v) is 5.09. The van der Waals surface area contributed by atoms with Gasteiger partial charge < -0.3 is 5.32 Å². The predicted molar refractivity (Wildman–Crippen MR) is 74.9 cm³/mol. The van der Waals surface area contributed by atoms with E-state index in [1.54, 1.807) is 0 Å². The van der Waals surface area contributed by atoms with E-state index in [-0.39, 0.29) is 11.8 Å². The number of benzene rings is 1. The van der Waals surface area contributed by atoms with E-state index in [2.05, 4.69) is 10.4 Å². The Morgan fingerprint density at radius 2 is 1.85 bits per heavy atom. The van der Waals surface area contributed by atoms with Crippen LogP contribution in [-0.4, -0.2) is 21.6 Å². The lowest BCUT2D eigenvalue weighted by Crippen LogP contribution is -2.38. The van der Waals surface area contributed by atoms with E-state index in [0.717, 1.165) is 22.4 Å². The fraction of sp³-hybridized carbons (Fsp3) is 0.267. The van der Waals surface area contributed by atoms with Crippen LogP contribution in [0.15, 0.2) is 24.3 Å². The topological polar surface area (TPSA) is 64.0 Å². The Hall–Kier alpha value is -2.43. The van der Waals surface area contributed by atoms with Gasteiger partial charge in [-0.05, 0) is 31.9 Å². The van der Waals surface area contributed by atoms with Crippen molar-refractivity contribution in [3.05, 3.63) is 46.6 Å². The number of hydrogen-bond acceptors (Lipinski definition) is 3. The molecular formula is C15H15N3O2. The molecule has 0 radical (unpaired) electrons. The van der Waals surface area contributed by atoms with Gasteiger partial charge in [0.1, 0.15) is 11.7 Å². The highest BCUT2D eigenvalue weighted by molar-refractivity contribution is 6.16. The normalized spacial score (nSPS) is 17.9. The van der Waals surface area contributed by atoms with E-state index in [1.807, 2.05) is 45.0 Å². The fourth-order valence-electron chi connectivity index (χ4n) is 2.52. The van der Waals surface area contributed by atoms with E-state index < -0.39 is 5.92 Å². The van der Waals surface area contributed by atoms with E-state index in [0.29, 0.717) is 5.82 Å². The maximum atomic E-state index is 12.6. The SMILES string of the molecule is Cc1ccccc1C1C(=O)Nc2c(C)c(C)nn2C1=O. The van der Waals surface area contributed by atoms with Gasteiger partial charge in [-0.1, -0.05) is 24.3 Å². The van der Waals surface area contributed by atoms with Gasteiger partial charge in [0.15, 0.2) is 0 Å². The molecule has 0 spiro atoms. The van der Waals surface area contributed by atoms with Crippen LogP contribution in [0, 0.1) is 20.8 Å². The zero-order valence-electron chi connectivity index (χ0n) is 11.6. The molecule has 3 rings (SSSR count). The van der Waals surface area contributed by atoms with E-state index >= 15 is 0 Å². The molecule has 1 atom stereocenters. The van der Waals surface area contributed by atoms with Crippen LogP contribution < -0.4 is 5.32 Å². The number of aromatic nitrogens is 2. The maximum absolute atomic E-state index is 12.6. The Kier molecular flexibility index (Phi) is 2.71. The molecule has 0 saturated carbocycles. The Bertz CT molecular complexity index is 731. The van der Waals surface area contributed by atoms with Gasteiger partial charge in [-0.15, -0.1) is 0 Å². The number of carbonyl (C=O) groups excluding carboxylic acids is 2. The molecule has 1 amide bonds. The van der Waals surface area contributed by atoms with Crippen molar-refractivity contribution < 1.29 is 9.59 Å². The number of carbonyl (C=O) groups is 2. The van der Waals surface area contributed by atoms with Crippen molar-refractivity contribution in [2.75, 3.05) is 5.32 Å². The zero-order chi connectivity index (χ0) is 14.4. The number of fused-ring (bicyclic) bond motifs is 1. The van der Waals surface area contributed by atoms with Crippen LogP contribution in [-0.2, 0) is 4.79 Å². The lowest BCUT2D eigenvalue weighted by Gasteiger charge is -2.23. The zero-order valence-corrected chi connectivity index (χ0v) is 11.6. The van der Waals surface area contributed by atoms with Crippen molar-refractivity contribution in [2.45, 2.75) is 26.7 Å². The molecule has 0 aliphatic carbocycles. The van der Waals surface area contributed by atoms with Crippen molar-refractivity contribution in [1.82, 2.24) is 9.78 Å². The quantitative estimate of drug-likeness (QED) is 0.807. The Morgan fingerprint density at radius 3 is 2.55 bits per heavy atom. The highest BCUT2D eigenvalue weighted by Crippen LogP contribution is 2.30. The van der Waals surface area contributed by atoms with Crippen LogP contribution in [0.25, 0.3) is 0 Å². The fourth-order valence-corrected chi connectivity index (χ4v) is 2.52. The molecule has 0 saturated heterocycles. The van der Waals surface area contributed by atoms with Gasteiger partial charge in [-0.25, -0.2) is 0 Å². The molecule has 0 bridgehead atoms. The largest absolute Gasteiger partial charge is 0.309 e. The van der Waals surface area contributed by atoms with Gasteiger partial charge in [0.05, 0.1) is 5.69 Å². The van der Waals surface area contributed by atoms with Crippen molar-refractivity contribution in [3.63, 3.8) is 0 Å². The number of nitrogens with one attached hydrogen (secondary N) is 1. The lowest BCUT2D eigenvalue weighted by atomic mass is 9.92. The molecule has 1 N–H and O–H groups in total. The first kappa shape index (κ1) is 12.6. The van der Waals surface area contributed by atoms with Gasteiger partial charge in [0.2, 0.25) is 5.91 Å². The van der Waals surface area contributed by atoms with Crippen LogP contribution in [0.1, 0.15) is 33.1 Å². The third kappa shape index (κ3) is 1.66. The third-order valence-corrected chi connectivity index (χ3v) is 3.82. The summed E-state index contributed by atoms with van der Waals surface area (Å²) in [6, 6.07) is 7.42. The first-order valence-corrected chi connectivity index (χ1v) is 6.47. The monoisotopic (exact) mass is 269 g/mol. The molecule has 1 aromatic carbocycles. The van der Waals surface area contributed by atoms with Crippen LogP contribution in [0.5, 0.6) is 0 Å². The smallest absolute Gasteiger partial charge is 0.265 e. The molecule has 1 aromatic heterocycles. The summed E-state index contributed by atoms with van der Waals surface area (Å²) < 4.78 is 1.31. The van der Waals surface area contributed by atoms with Gasteiger partial charge in [-0.3, -0.25) is 9.59 Å². The second-order valence-electron chi connectivity index (χ2n) is 5.09. The molecule has 1 aliphatic rings. The summed E-state index contributed by atoms with van der Waals surface area (Å²) in [7, 11) is 0. The minimum Gasteiger partial charge on any atom is -0.309 e. The number of hydrogen-bond donors (Lipinski definition) is 1. The lowest BCUT2D eigenvalue weighted by molar-refractivity contribution is -0.117. The molecule has 0 fully saturated rings. The molecule has 5 heteroatoms. The number of nitrogens with zero attached hydrogens (tertiary/aromatic N) is 2. The Labute approximate surface area is 116 Å². The van der Waals surface area contributed by atoms with Gasteiger partial charge >= 0.3 is 0 Å². The van der Waals surface area contributed by atoms with Crippen LogP contribution in [0.3, 0.4) is 0 Å². The molecule has 2 aromatic rings. The van der Waals surface area contributed by atoms with Crippen LogP contribution in [0.2, 0.25) is 0 Å². The summed E-state index contributed by atoms with van der Waals surface area (Å²) in [5.41, 5.74) is 3.23. The van der Waals surface area contributed by atoms with E-state index in [1.165, 1.54) is 4.68 Å². The number of rotatable bonds is 1. The molecule has 102 valence electrons. The van der Waals surface area contributed by atoms with Gasteiger partial charge in [0.25, 0.3) is 5.91 Å². The van der Waals surface area contributed by atoms with Gasteiger partial charge in [-0.2, -0.15) is 9.78 Å². The molecule has 2 heterocycles. The second kappa shape index (κ2) is 4.30. The first-order chi connectivity index (χ1) is 9.50. The first-order valence-electron chi connectivity index (χ1n) is 6.47. The summed E-state index contributed by atoms with van der Waals surface area (Å²) in [5.74, 6) is -0.932. The van der Waals surface area contributed by atoms with Crippen LogP contribution >= 0.6 is 0 Å². The van der Waals surface area contributed by atoms with Crippen molar-refractivity contribution in [3.8, 4) is 0 Å². The van der Waals surface area contributed by atoms with Crippen LogP contribution in [0.4, 0.5) is 5.82 Å². The minimum atomic E-state index is -0.831. The highest BCUT2D eigenvalue weighted by Gasteiger charge is 2.38. The standard InChI is InChI=1S/C15H15N3O2/c1-8-6-4-5-7-11(8)12-14(19)16-13-9(2)10(3)17-18(13)15(12)20/h4-7,12H,1-3H3,(H,16,19). The highest BCUT2D eigenvalue weighted by atomic mass is 16.2. The van der Waals surface area contributed by atoms with E-state index in [9.17, 15) is 9.59 Å². The predicted octanol–water partition coefficient (Wildman–Crippen LogP) is 2.18. The molecule has 5 nitrogen and oxygen atoms in total. The summed E-state index contributed by atoms with van der Waals surface area (Å²) >= 11 is 0. The molecular weight excluding hydrogens is 254 g/mol. The molecule has 20 heavy (non-hydrogen) atoms. The summed E-state index contributed by atoms with van der Waals surface area (Å²) in [6.45, 7) is 5.56. The average Bonchev–Trinajstić information content (AvgIpc) is 2.69. The minimum absolute atomic E-state index is 0.292.